The Morgan fingerprint density at radius 1 is 1.27 bits per heavy atom. The van der Waals surface area contributed by atoms with Gasteiger partial charge in [0.2, 0.25) is 11.0 Å². The number of hydrogen-bond donors (Lipinski definition) is 1. The van der Waals surface area contributed by atoms with Gasteiger partial charge in [0.25, 0.3) is 0 Å². The lowest BCUT2D eigenvalue weighted by Gasteiger charge is -2.36. The lowest BCUT2D eigenvalue weighted by molar-refractivity contribution is -0.136. The van der Waals surface area contributed by atoms with E-state index in [1.54, 1.807) is 0 Å². The van der Waals surface area contributed by atoms with Crippen molar-refractivity contribution in [2.24, 2.45) is 5.92 Å². The Morgan fingerprint density at radius 2 is 1.95 bits per heavy atom. The SMILES string of the molecule is CCc1nsc(N2CCN(C(=O)C3CCNCC3)CC2)n1.Cl. The van der Waals surface area contributed by atoms with E-state index < -0.39 is 0 Å². The first-order valence-electron chi connectivity index (χ1n) is 7.85. The fourth-order valence-electron chi connectivity index (χ4n) is 2.96. The Balaban J connectivity index is 0.00000176. The highest BCUT2D eigenvalue weighted by Crippen LogP contribution is 2.21. The number of rotatable bonds is 3. The Morgan fingerprint density at radius 3 is 2.55 bits per heavy atom. The van der Waals surface area contributed by atoms with Crippen LogP contribution in [0.2, 0.25) is 0 Å². The molecule has 2 aliphatic rings. The van der Waals surface area contributed by atoms with E-state index >= 15 is 0 Å². The van der Waals surface area contributed by atoms with Gasteiger partial charge in [-0.3, -0.25) is 4.79 Å². The van der Waals surface area contributed by atoms with Gasteiger partial charge in [0.05, 0.1) is 0 Å². The van der Waals surface area contributed by atoms with Crippen LogP contribution in [0.1, 0.15) is 25.6 Å². The second kappa shape index (κ2) is 8.08. The van der Waals surface area contributed by atoms with Crippen molar-refractivity contribution in [2.75, 3.05) is 44.2 Å². The van der Waals surface area contributed by atoms with Crippen LogP contribution in [0.5, 0.6) is 0 Å². The zero-order valence-electron chi connectivity index (χ0n) is 13.0. The topological polar surface area (TPSA) is 61.4 Å². The van der Waals surface area contributed by atoms with Crippen molar-refractivity contribution in [3.05, 3.63) is 5.82 Å². The van der Waals surface area contributed by atoms with Crippen LogP contribution in [0.15, 0.2) is 0 Å². The van der Waals surface area contributed by atoms with Crippen molar-refractivity contribution >= 4 is 35.0 Å². The molecule has 0 atom stereocenters. The van der Waals surface area contributed by atoms with Crippen molar-refractivity contribution in [3.8, 4) is 0 Å². The highest BCUT2D eigenvalue weighted by molar-refractivity contribution is 7.09. The van der Waals surface area contributed by atoms with E-state index in [1.807, 2.05) is 4.90 Å². The quantitative estimate of drug-likeness (QED) is 0.891. The van der Waals surface area contributed by atoms with Crippen LogP contribution in [0, 0.1) is 5.92 Å². The monoisotopic (exact) mass is 345 g/mol. The number of halogens is 1. The third-order valence-corrected chi connectivity index (χ3v) is 5.14. The standard InChI is InChI=1S/C14H23N5OS.ClH/c1-2-12-16-14(21-17-12)19-9-7-18(8-10-19)13(20)11-3-5-15-6-4-11;/h11,15H,2-10H2,1H3;1H. The summed E-state index contributed by atoms with van der Waals surface area (Å²) in [5, 5.41) is 4.32. The number of piperidine rings is 1. The molecule has 22 heavy (non-hydrogen) atoms. The summed E-state index contributed by atoms with van der Waals surface area (Å²) in [6.07, 6.45) is 2.84. The number of amides is 1. The summed E-state index contributed by atoms with van der Waals surface area (Å²) in [5.41, 5.74) is 0. The summed E-state index contributed by atoms with van der Waals surface area (Å²) in [4.78, 5) is 21.3. The predicted octanol–water partition coefficient (Wildman–Crippen LogP) is 1.17. The summed E-state index contributed by atoms with van der Waals surface area (Å²) in [5.74, 6) is 1.50. The fraction of sp³-hybridized carbons (Fsp3) is 0.786. The molecule has 0 saturated carbocycles. The molecular formula is C14H24ClN5OS. The zero-order valence-corrected chi connectivity index (χ0v) is 14.6. The van der Waals surface area contributed by atoms with Crippen LogP contribution in [0.3, 0.4) is 0 Å². The van der Waals surface area contributed by atoms with Crippen molar-refractivity contribution in [1.29, 1.82) is 0 Å². The second-order valence-corrected chi connectivity index (χ2v) is 6.41. The summed E-state index contributed by atoms with van der Waals surface area (Å²) in [6.45, 7) is 7.38. The molecule has 0 unspecified atom stereocenters. The number of nitrogens with one attached hydrogen (secondary N) is 1. The molecule has 0 aromatic carbocycles. The summed E-state index contributed by atoms with van der Waals surface area (Å²) >= 11 is 1.47. The van der Waals surface area contributed by atoms with Gasteiger partial charge in [-0.25, -0.2) is 4.98 Å². The van der Waals surface area contributed by atoms with Gasteiger partial charge < -0.3 is 15.1 Å². The molecule has 1 N–H and O–H groups in total. The maximum Gasteiger partial charge on any atom is 0.225 e. The van der Waals surface area contributed by atoms with Gasteiger partial charge >= 0.3 is 0 Å². The molecular weight excluding hydrogens is 322 g/mol. The molecule has 3 rings (SSSR count). The molecule has 3 heterocycles. The molecule has 0 radical (unpaired) electrons. The van der Waals surface area contributed by atoms with Gasteiger partial charge in [0.1, 0.15) is 5.82 Å². The van der Waals surface area contributed by atoms with Crippen molar-refractivity contribution < 1.29 is 4.79 Å². The first-order chi connectivity index (χ1) is 10.3. The van der Waals surface area contributed by atoms with Crippen LogP contribution in [-0.4, -0.2) is 59.4 Å². The number of aromatic nitrogens is 2. The molecule has 1 aromatic heterocycles. The molecule has 2 aliphatic heterocycles. The van der Waals surface area contributed by atoms with Crippen LogP contribution < -0.4 is 10.2 Å². The number of anilines is 1. The van der Waals surface area contributed by atoms with Gasteiger partial charge in [-0.05, 0) is 25.9 Å². The number of carbonyl (C=O) groups excluding carboxylic acids is 1. The molecule has 0 spiro atoms. The molecule has 1 aromatic rings. The third kappa shape index (κ3) is 3.88. The van der Waals surface area contributed by atoms with Crippen molar-refractivity contribution in [2.45, 2.75) is 26.2 Å². The lowest BCUT2D eigenvalue weighted by Crippen LogP contribution is -2.51. The van der Waals surface area contributed by atoms with Gasteiger partial charge in [0.15, 0.2) is 0 Å². The van der Waals surface area contributed by atoms with Crippen LogP contribution in [-0.2, 0) is 11.2 Å². The molecule has 2 saturated heterocycles. The maximum atomic E-state index is 12.5. The fourth-order valence-corrected chi connectivity index (χ4v) is 3.76. The number of piperazine rings is 1. The Kier molecular flexibility index (Phi) is 6.40. The van der Waals surface area contributed by atoms with Gasteiger partial charge in [-0.15, -0.1) is 12.4 Å². The van der Waals surface area contributed by atoms with Crippen LogP contribution in [0.4, 0.5) is 5.13 Å². The zero-order chi connectivity index (χ0) is 14.7. The van der Waals surface area contributed by atoms with Crippen molar-refractivity contribution in [1.82, 2.24) is 19.6 Å². The largest absolute Gasteiger partial charge is 0.343 e. The average molecular weight is 346 g/mol. The summed E-state index contributed by atoms with van der Waals surface area (Å²) in [7, 11) is 0. The molecule has 6 nitrogen and oxygen atoms in total. The van der Waals surface area contributed by atoms with E-state index in [2.05, 4.69) is 26.5 Å². The van der Waals surface area contributed by atoms with Gasteiger partial charge in [-0.1, -0.05) is 6.92 Å². The number of carbonyl (C=O) groups is 1. The van der Waals surface area contributed by atoms with E-state index in [0.717, 1.165) is 69.5 Å². The second-order valence-electron chi connectivity index (χ2n) is 5.68. The first kappa shape index (κ1) is 17.4. The van der Waals surface area contributed by atoms with E-state index in [4.69, 9.17) is 0 Å². The predicted molar refractivity (Wildman–Crippen MR) is 90.9 cm³/mol. The van der Waals surface area contributed by atoms with Crippen LogP contribution >= 0.6 is 23.9 Å². The molecule has 2 fully saturated rings. The molecule has 1 amide bonds. The minimum atomic E-state index is 0. The lowest BCUT2D eigenvalue weighted by atomic mass is 9.96. The van der Waals surface area contributed by atoms with E-state index in [9.17, 15) is 4.79 Å². The normalized spacial score (nSPS) is 19.9. The minimum absolute atomic E-state index is 0. The van der Waals surface area contributed by atoms with Gasteiger partial charge in [0, 0.05) is 50.1 Å². The Hall–Kier alpha value is -0.920. The molecule has 8 heteroatoms. The summed E-state index contributed by atoms with van der Waals surface area (Å²) in [6, 6.07) is 0. The highest BCUT2D eigenvalue weighted by atomic mass is 35.5. The van der Waals surface area contributed by atoms with Crippen LogP contribution in [0.25, 0.3) is 0 Å². The molecule has 124 valence electrons. The minimum Gasteiger partial charge on any atom is -0.343 e. The Labute approximate surface area is 141 Å². The van der Waals surface area contributed by atoms with E-state index in [0.29, 0.717) is 5.91 Å². The van der Waals surface area contributed by atoms with Crippen molar-refractivity contribution in [3.63, 3.8) is 0 Å². The van der Waals surface area contributed by atoms with E-state index in [-0.39, 0.29) is 18.3 Å². The molecule has 0 aliphatic carbocycles. The first-order valence-corrected chi connectivity index (χ1v) is 8.62. The third-order valence-electron chi connectivity index (χ3n) is 4.32. The highest BCUT2D eigenvalue weighted by Gasteiger charge is 2.29. The maximum absolute atomic E-state index is 12.5. The molecule has 0 bridgehead atoms. The smallest absolute Gasteiger partial charge is 0.225 e. The number of nitrogens with zero attached hydrogens (tertiary/aromatic N) is 4. The Bertz CT molecular complexity index is 483. The van der Waals surface area contributed by atoms with E-state index in [1.165, 1.54) is 11.5 Å². The van der Waals surface area contributed by atoms with Gasteiger partial charge in [-0.2, -0.15) is 4.37 Å². The average Bonchev–Trinajstić information content (AvgIpc) is 3.04. The number of aryl methyl sites for hydroxylation is 1. The number of hydrogen-bond acceptors (Lipinski definition) is 6. The summed E-state index contributed by atoms with van der Waals surface area (Å²) < 4.78 is 4.34.